The Labute approximate surface area is 126 Å². The Kier molecular flexibility index (Phi) is 5.25. The van der Waals surface area contributed by atoms with Gasteiger partial charge in [0, 0.05) is 23.5 Å². The molecule has 1 N–H and O–H groups in total. The molecule has 1 heterocycles. The Balaban J connectivity index is 1.96. The van der Waals surface area contributed by atoms with Crippen LogP contribution in [0.5, 0.6) is 0 Å². The third-order valence-corrected chi connectivity index (χ3v) is 4.77. The normalized spacial score (nSPS) is 22.5. The van der Waals surface area contributed by atoms with Gasteiger partial charge in [-0.1, -0.05) is 24.6 Å². The number of carbonyl (C=O) groups is 1. The second-order valence-corrected chi connectivity index (χ2v) is 5.91. The third-order valence-electron chi connectivity index (χ3n) is 3.47. The summed E-state index contributed by atoms with van der Waals surface area (Å²) >= 11 is 9.43. The molecule has 2 unspecified atom stereocenters. The minimum Gasteiger partial charge on any atom is -0.378 e. The molecule has 1 aliphatic heterocycles. The molecule has 1 aromatic rings. The Bertz CT molecular complexity index is 467. The second-order valence-electron chi connectivity index (χ2n) is 4.68. The molecular weight excluding hydrogens is 330 g/mol. The van der Waals surface area contributed by atoms with E-state index in [9.17, 15) is 4.79 Å². The lowest BCUT2D eigenvalue weighted by atomic mass is 9.99. The smallest absolute Gasteiger partial charge is 0.252 e. The van der Waals surface area contributed by atoms with Gasteiger partial charge in [-0.05, 0) is 40.9 Å². The lowest BCUT2D eigenvalue weighted by Gasteiger charge is -2.17. The zero-order chi connectivity index (χ0) is 13.8. The second kappa shape index (κ2) is 6.73. The number of halogens is 2. The van der Waals surface area contributed by atoms with Crippen LogP contribution in [0.1, 0.15) is 30.1 Å². The van der Waals surface area contributed by atoms with Gasteiger partial charge in [-0.15, -0.1) is 0 Å². The van der Waals surface area contributed by atoms with E-state index in [1.54, 1.807) is 12.1 Å². The van der Waals surface area contributed by atoms with Gasteiger partial charge >= 0.3 is 0 Å². The molecule has 2 rings (SSSR count). The van der Waals surface area contributed by atoms with Crippen LogP contribution in [0.2, 0.25) is 5.02 Å². The Morgan fingerprint density at radius 1 is 1.58 bits per heavy atom. The van der Waals surface area contributed by atoms with Gasteiger partial charge in [0.2, 0.25) is 0 Å². The van der Waals surface area contributed by atoms with E-state index in [2.05, 4.69) is 28.2 Å². The molecule has 0 bridgehead atoms. The third kappa shape index (κ3) is 3.50. The largest absolute Gasteiger partial charge is 0.378 e. The van der Waals surface area contributed by atoms with Crippen molar-refractivity contribution in [1.82, 2.24) is 5.32 Å². The summed E-state index contributed by atoms with van der Waals surface area (Å²) in [4.78, 5) is 12.1. The van der Waals surface area contributed by atoms with Crippen molar-refractivity contribution in [3.63, 3.8) is 0 Å². The first-order chi connectivity index (χ1) is 9.13. The van der Waals surface area contributed by atoms with Crippen LogP contribution in [-0.2, 0) is 4.74 Å². The van der Waals surface area contributed by atoms with Crippen molar-refractivity contribution in [2.24, 2.45) is 5.92 Å². The fourth-order valence-electron chi connectivity index (χ4n) is 2.38. The van der Waals surface area contributed by atoms with Crippen molar-refractivity contribution in [3.8, 4) is 0 Å². The summed E-state index contributed by atoms with van der Waals surface area (Å²) in [5, 5.41) is 3.40. The highest BCUT2D eigenvalue weighted by atomic mass is 79.9. The zero-order valence-corrected chi connectivity index (χ0v) is 13.1. The molecule has 5 heteroatoms. The van der Waals surface area contributed by atoms with Gasteiger partial charge in [0.15, 0.2) is 0 Å². The molecule has 2 atom stereocenters. The molecule has 0 aliphatic carbocycles. The molecule has 0 saturated carbocycles. The minimum absolute atomic E-state index is 0.131. The zero-order valence-electron chi connectivity index (χ0n) is 10.8. The average molecular weight is 347 g/mol. The molecular formula is C14H17BrClNO2. The van der Waals surface area contributed by atoms with E-state index in [4.69, 9.17) is 16.3 Å². The Hall–Kier alpha value is -0.580. The summed E-state index contributed by atoms with van der Waals surface area (Å²) in [6.07, 6.45) is 2.25. The Morgan fingerprint density at radius 3 is 3.11 bits per heavy atom. The highest BCUT2D eigenvalue weighted by Crippen LogP contribution is 2.26. The standard InChI is InChI=1S/C14H17BrClNO2/c1-2-12-9(6-7-19-12)8-17-14(18)10-4-3-5-11(15)13(10)16/h3-5,9,12H,2,6-8H2,1H3,(H,17,18). The molecule has 19 heavy (non-hydrogen) atoms. The molecule has 1 amide bonds. The maximum Gasteiger partial charge on any atom is 0.252 e. The summed E-state index contributed by atoms with van der Waals surface area (Å²) in [6, 6.07) is 5.35. The van der Waals surface area contributed by atoms with Crippen LogP contribution in [0, 0.1) is 5.92 Å². The molecule has 0 spiro atoms. The predicted molar refractivity (Wildman–Crippen MR) is 79.6 cm³/mol. The van der Waals surface area contributed by atoms with E-state index >= 15 is 0 Å². The number of ether oxygens (including phenoxy) is 1. The topological polar surface area (TPSA) is 38.3 Å². The summed E-state index contributed by atoms with van der Waals surface area (Å²) < 4.78 is 6.34. The van der Waals surface area contributed by atoms with E-state index in [1.165, 1.54) is 0 Å². The minimum atomic E-state index is -0.131. The van der Waals surface area contributed by atoms with Gasteiger partial charge in [0.1, 0.15) is 0 Å². The molecule has 3 nitrogen and oxygen atoms in total. The molecule has 1 aromatic carbocycles. The lowest BCUT2D eigenvalue weighted by molar-refractivity contribution is 0.0827. The summed E-state index contributed by atoms with van der Waals surface area (Å²) in [5.41, 5.74) is 0.503. The van der Waals surface area contributed by atoms with E-state index in [1.807, 2.05) is 6.07 Å². The van der Waals surface area contributed by atoms with Crippen LogP contribution in [-0.4, -0.2) is 25.2 Å². The SMILES string of the molecule is CCC1OCCC1CNC(=O)c1cccc(Br)c1Cl. The number of nitrogens with one attached hydrogen (secondary N) is 1. The number of hydrogen-bond donors (Lipinski definition) is 1. The van der Waals surface area contributed by atoms with E-state index in [-0.39, 0.29) is 12.0 Å². The molecule has 0 radical (unpaired) electrons. The predicted octanol–water partition coefficient (Wildman–Crippen LogP) is 3.65. The number of benzene rings is 1. The van der Waals surface area contributed by atoms with Crippen LogP contribution in [0.3, 0.4) is 0 Å². The van der Waals surface area contributed by atoms with E-state index in [0.717, 1.165) is 23.9 Å². The van der Waals surface area contributed by atoms with Gasteiger partial charge in [0.05, 0.1) is 16.7 Å². The van der Waals surface area contributed by atoms with Crippen LogP contribution < -0.4 is 5.32 Å². The highest BCUT2D eigenvalue weighted by Gasteiger charge is 2.27. The average Bonchev–Trinajstić information content (AvgIpc) is 2.86. The number of amides is 1. The molecule has 0 aromatic heterocycles. The molecule has 1 saturated heterocycles. The van der Waals surface area contributed by atoms with Crippen molar-refractivity contribution < 1.29 is 9.53 Å². The van der Waals surface area contributed by atoms with Gasteiger partial charge in [-0.2, -0.15) is 0 Å². The Morgan fingerprint density at radius 2 is 2.37 bits per heavy atom. The number of carbonyl (C=O) groups excluding carboxylic acids is 1. The number of rotatable bonds is 4. The summed E-state index contributed by atoms with van der Waals surface area (Å²) in [6.45, 7) is 3.53. The van der Waals surface area contributed by atoms with Gasteiger partial charge in [-0.25, -0.2) is 0 Å². The van der Waals surface area contributed by atoms with Crippen LogP contribution in [0.4, 0.5) is 0 Å². The first-order valence-electron chi connectivity index (χ1n) is 6.47. The van der Waals surface area contributed by atoms with Gasteiger partial charge in [-0.3, -0.25) is 4.79 Å². The molecule has 104 valence electrons. The van der Waals surface area contributed by atoms with Crippen LogP contribution in [0.15, 0.2) is 22.7 Å². The van der Waals surface area contributed by atoms with E-state index < -0.39 is 0 Å². The van der Waals surface area contributed by atoms with Crippen molar-refractivity contribution >= 4 is 33.4 Å². The van der Waals surface area contributed by atoms with Crippen molar-refractivity contribution in [1.29, 1.82) is 0 Å². The monoisotopic (exact) mass is 345 g/mol. The summed E-state index contributed by atoms with van der Waals surface area (Å²) in [5.74, 6) is 0.271. The highest BCUT2D eigenvalue weighted by molar-refractivity contribution is 9.10. The maximum absolute atomic E-state index is 12.1. The van der Waals surface area contributed by atoms with Crippen molar-refractivity contribution in [2.45, 2.75) is 25.9 Å². The molecule has 1 aliphatic rings. The molecule has 1 fully saturated rings. The van der Waals surface area contributed by atoms with E-state index in [0.29, 0.717) is 23.0 Å². The first-order valence-corrected chi connectivity index (χ1v) is 7.64. The lowest BCUT2D eigenvalue weighted by Crippen LogP contribution is -2.32. The first kappa shape index (κ1) is 14.8. The van der Waals surface area contributed by atoms with Crippen molar-refractivity contribution in [2.75, 3.05) is 13.2 Å². The van der Waals surface area contributed by atoms with Gasteiger partial charge in [0.25, 0.3) is 5.91 Å². The fraction of sp³-hybridized carbons (Fsp3) is 0.500. The van der Waals surface area contributed by atoms with Gasteiger partial charge < -0.3 is 10.1 Å². The fourth-order valence-corrected chi connectivity index (χ4v) is 2.95. The number of hydrogen-bond acceptors (Lipinski definition) is 2. The maximum atomic E-state index is 12.1. The quantitative estimate of drug-likeness (QED) is 0.904. The summed E-state index contributed by atoms with van der Waals surface area (Å²) in [7, 11) is 0. The van der Waals surface area contributed by atoms with Crippen LogP contribution >= 0.6 is 27.5 Å². The van der Waals surface area contributed by atoms with Crippen LogP contribution in [0.25, 0.3) is 0 Å². The van der Waals surface area contributed by atoms with Crippen molar-refractivity contribution in [3.05, 3.63) is 33.3 Å².